The van der Waals surface area contributed by atoms with Crippen LogP contribution in [0.4, 0.5) is 5.69 Å². The van der Waals surface area contributed by atoms with Crippen molar-refractivity contribution in [1.29, 1.82) is 0 Å². The predicted molar refractivity (Wildman–Crippen MR) is 181 cm³/mol. The summed E-state index contributed by atoms with van der Waals surface area (Å²) >= 11 is 19.1. The van der Waals surface area contributed by atoms with E-state index in [1.807, 2.05) is 44.2 Å². The minimum absolute atomic E-state index is 0.0394. The molecule has 0 bridgehead atoms. The molecule has 4 aromatic rings. The van der Waals surface area contributed by atoms with E-state index >= 15 is 0 Å². The Morgan fingerprint density at radius 3 is 2.04 bits per heavy atom. The molecule has 0 spiro atoms. The summed E-state index contributed by atoms with van der Waals surface area (Å²) in [6.45, 7) is 3.49. The maximum Gasteiger partial charge on any atom is 0.264 e. The van der Waals surface area contributed by atoms with Crippen LogP contribution in [0.25, 0.3) is 0 Å². The van der Waals surface area contributed by atoms with Crippen LogP contribution in [0.5, 0.6) is 0 Å². The molecule has 1 N–H and O–H groups in total. The summed E-state index contributed by atoms with van der Waals surface area (Å²) in [5.74, 6) is -0.989. The van der Waals surface area contributed by atoms with Gasteiger partial charge in [-0.2, -0.15) is 0 Å². The fourth-order valence-electron chi connectivity index (χ4n) is 4.75. The zero-order valence-electron chi connectivity index (χ0n) is 24.9. The highest BCUT2D eigenvalue weighted by molar-refractivity contribution is 7.92. The zero-order valence-corrected chi connectivity index (χ0v) is 28.0. The molecule has 0 aliphatic rings. The van der Waals surface area contributed by atoms with Crippen LogP contribution in [-0.4, -0.2) is 44.3 Å². The monoisotopic (exact) mass is 685 g/mol. The lowest BCUT2D eigenvalue weighted by Gasteiger charge is -2.34. The van der Waals surface area contributed by atoms with Crippen molar-refractivity contribution in [3.8, 4) is 0 Å². The van der Waals surface area contributed by atoms with E-state index in [0.29, 0.717) is 33.6 Å². The first-order valence-corrected chi connectivity index (χ1v) is 17.0. The summed E-state index contributed by atoms with van der Waals surface area (Å²) in [5.41, 5.74) is 2.47. The summed E-state index contributed by atoms with van der Waals surface area (Å²) < 4.78 is 29.2. The Bertz CT molecular complexity index is 1700. The Morgan fingerprint density at radius 2 is 1.44 bits per heavy atom. The molecule has 0 saturated carbocycles. The van der Waals surface area contributed by atoms with Gasteiger partial charge < -0.3 is 10.2 Å². The molecule has 11 heteroatoms. The number of aryl methyl sites for hydroxylation is 1. The largest absolute Gasteiger partial charge is 0.354 e. The molecule has 236 valence electrons. The third kappa shape index (κ3) is 8.79. The Hall–Kier alpha value is -3.56. The molecule has 0 radical (unpaired) electrons. The average molecular weight is 687 g/mol. The van der Waals surface area contributed by atoms with E-state index in [0.717, 1.165) is 15.4 Å². The SMILES string of the molecule is CCCNC(=O)[C@@H](Cc1ccccc1)N(Cc1c(Cl)cccc1Cl)C(=O)CN(c1ccc(C)cc1)S(=O)(=O)c1ccc(Cl)cc1. The molecule has 0 aliphatic carbocycles. The van der Waals surface area contributed by atoms with Crippen molar-refractivity contribution in [3.05, 3.63) is 129 Å². The second kappa shape index (κ2) is 15.6. The molecule has 1 atom stereocenters. The van der Waals surface area contributed by atoms with Crippen LogP contribution in [0.3, 0.4) is 0 Å². The first kappa shape index (κ1) is 34.3. The number of anilines is 1. The van der Waals surface area contributed by atoms with Gasteiger partial charge in [-0.25, -0.2) is 8.42 Å². The zero-order chi connectivity index (χ0) is 32.6. The topological polar surface area (TPSA) is 86.8 Å². The van der Waals surface area contributed by atoms with Crippen LogP contribution in [0.1, 0.15) is 30.0 Å². The van der Waals surface area contributed by atoms with Gasteiger partial charge in [-0.05, 0) is 67.4 Å². The maximum atomic E-state index is 14.5. The summed E-state index contributed by atoms with van der Waals surface area (Å²) in [7, 11) is -4.25. The molecule has 2 amide bonds. The van der Waals surface area contributed by atoms with Crippen LogP contribution in [0.2, 0.25) is 15.1 Å². The van der Waals surface area contributed by atoms with Gasteiger partial charge in [0.2, 0.25) is 11.8 Å². The number of nitrogens with zero attached hydrogens (tertiary/aromatic N) is 2. The van der Waals surface area contributed by atoms with E-state index < -0.39 is 28.5 Å². The lowest BCUT2D eigenvalue weighted by Crippen LogP contribution is -2.53. The van der Waals surface area contributed by atoms with Gasteiger partial charge in [-0.15, -0.1) is 0 Å². The van der Waals surface area contributed by atoms with E-state index in [4.69, 9.17) is 34.8 Å². The molecule has 0 saturated heterocycles. The van der Waals surface area contributed by atoms with Gasteiger partial charge >= 0.3 is 0 Å². The van der Waals surface area contributed by atoms with Gasteiger partial charge in [-0.3, -0.25) is 13.9 Å². The highest BCUT2D eigenvalue weighted by Crippen LogP contribution is 2.29. The van der Waals surface area contributed by atoms with Gasteiger partial charge in [0.25, 0.3) is 10.0 Å². The average Bonchev–Trinajstić information content (AvgIpc) is 3.02. The van der Waals surface area contributed by atoms with Crippen LogP contribution in [-0.2, 0) is 32.6 Å². The van der Waals surface area contributed by atoms with Crippen LogP contribution in [0, 0.1) is 6.92 Å². The summed E-state index contributed by atoms with van der Waals surface area (Å²) in [6, 6.07) is 25.8. The molecule has 4 aromatic carbocycles. The van der Waals surface area contributed by atoms with E-state index in [1.165, 1.54) is 29.2 Å². The van der Waals surface area contributed by atoms with Gasteiger partial charge in [0.1, 0.15) is 12.6 Å². The molecule has 0 unspecified atom stereocenters. The first-order valence-electron chi connectivity index (χ1n) is 14.4. The Morgan fingerprint density at radius 1 is 0.822 bits per heavy atom. The van der Waals surface area contributed by atoms with Crippen molar-refractivity contribution < 1.29 is 18.0 Å². The molecule has 4 rings (SSSR count). The number of carbonyl (C=O) groups excluding carboxylic acids is 2. The quantitative estimate of drug-likeness (QED) is 0.160. The molecule has 7 nitrogen and oxygen atoms in total. The summed E-state index contributed by atoms with van der Waals surface area (Å²) in [4.78, 5) is 29.6. The maximum absolute atomic E-state index is 14.5. The van der Waals surface area contributed by atoms with Gasteiger partial charge in [-0.1, -0.05) is 95.8 Å². The second-order valence-corrected chi connectivity index (χ2v) is 13.6. The highest BCUT2D eigenvalue weighted by atomic mass is 35.5. The standard InChI is InChI=1S/C34H34Cl3N3O4S/c1-3-20-38-34(42)32(21-25-8-5-4-6-9-25)39(22-29-30(36)10-7-11-31(29)37)33(41)23-40(27-16-12-24(2)13-17-27)45(43,44)28-18-14-26(35)15-19-28/h4-19,32H,3,20-23H2,1-2H3,(H,38,42)/t32-/m1/s1. The van der Waals surface area contributed by atoms with Crippen molar-refractivity contribution in [2.75, 3.05) is 17.4 Å². The van der Waals surface area contributed by atoms with E-state index in [1.54, 1.807) is 42.5 Å². The van der Waals surface area contributed by atoms with Crippen molar-refractivity contribution >= 4 is 62.3 Å². The second-order valence-electron chi connectivity index (χ2n) is 10.5. The van der Waals surface area contributed by atoms with E-state index in [2.05, 4.69) is 5.32 Å². The highest BCUT2D eigenvalue weighted by Gasteiger charge is 2.35. The van der Waals surface area contributed by atoms with Crippen molar-refractivity contribution in [2.45, 2.75) is 44.2 Å². The summed E-state index contributed by atoms with van der Waals surface area (Å²) in [6.07, 6.45) is 0.868. The van der Waals surface area contributed by atoms with Crippen molar-refractivity contribution in [2.24, 2.45) is 0 Å². The van der Waals surface area contributed by atoms with Crippen molar-refractivity contribution in [1.82, 2.24) is 10.2 Å². The number of sulfonamides is 1. The number of benzene rings is 4. The van der Waals surface area contributed by atoms with Gasteiger partial charge in [0.05, 0.1) is 10.6 Å². The fraction of sp³-hybridized carbons (Fsp3) is 0.235. The summed E-state index contributed by atoms with van der Waals surface area (Å²) in [5, 5.41) is 3.92. The van der Waals surface area contributed by atoms with Gasteiger partial charge in [0, 0.05) is 40.1 Å². The third-order valence-electron chi connectivity index (χ3n) is 7.21. The lowest BCUT2D eigenvalue weighted by atomic mass is 10.0. The lowest BCUT2D eigenvalue weighted by molar-refractivity contribution is -0.140. The number of hydrogen-bond acceptors (Lipinski definition) is 4. The fourth-order valence-corrected chi connectivity index (χ4v) is 6.80. The smallest absolute Gasteiger partial charge is 0.264 e. The van der Waals surface area contributed by atoms with E-state index in [-0.39, 0.29) is 29.5 Å². The molecule has 45 heavy (non-hydrogen) atoms. The normalized spacial score (nSPS) is 11.9. The number of halogens is 3. The number of hydrogen-bond donors (Lipinski definition) is 1. The van der Waals surface area contributed by atoms with Crippen LogP contribution >= 0.6 is 34.8 Å². The van der Waals surface area contributed by atoms with Crippen molar-refractivity contribution in [3.63, 3.8) is 0 Å². The molecule has 0 heterocycles. The number of rotatable bonds is 13. The minimum Gasteiger partial charge on any atom is -0.354 e. The minimum atomic E-state index is -4.25. The number of amides is 2. The predicted octanol–water partition coefficient (Wildman–Crippen LogP) is 7.32. The molecular weight excluding hydrogens is 653 g/mol. The molecule has 0 aromatic heterocycles. The van der Waals surface area contributed by atoms with Gasteiger partial charge in [0.15, 0.2) is 0 Å². The Balaban J connectivity index is 1.82. The molecule has 0 fully saturated rings. The van der Waals surface area contributed by atoms with E-state index in [9.17, 15) is 18.0 Å². The number of nitrogens with one attached hydrogen (secondary N) is 1. The molecule has 0 aliphatic heterocycles. The van der Waals surface area contributed by atoms with Crippen LogP contribution < -0.4 is 9.62 Å². The molecular formula is C34H34Cl3N3O4S. The first-order chi connectivity index (χ1) is 21.5. The number of carbonyl (C=O) groups is 2. The Labute approximate surface area is 279 Å². The Kier molecular flexibility index (Phi) is 11.9. The third-order valence-corrected chi connectivity index (χ3v) is 9.96. The van der Waals surface area contributed by atoms with Crippen LogP contribution in [0.15, 0.2) is 102 Å².